The van der Waals surface area contributed by atoms with Crippen LogP contribution in [0.15, 0.2) is 115 Å². The van der Waals surface area contributed by atoms with Crippen LogP contribution in [-0.4, -0.2) is 40.1 Å². The molecule has 1 aliphatic rings. The van der Waals surface area contributed by atoms with E-state index in [2.05, 4.69) is 5.32 Å². The molecule has 0 fully saturated rings. The highest BCUT2D eigenvalue weighted by molar-refractivity contribution is 5.90. The van der Waals surface area contributed by atoms with Gasteiger partial charge in [-0.15, -0.1) is 0 Å². The molecule has 2 amide bonds. The van der Waals surface area contributed by atoms with Crippen molar-refractivity contribution in [2.45, 2.75) is 37.6 Å². The first-order chi connectivity index (χ1) is 19.5. The molecule has 0 bridgehead atoms. The average Bonchev–Trinajstić information content (AvgIpc) is 3.00. The van der Waals surface area contributed by atoms with E-state index in [0.29, 0.717) is 0 Å². The minimum Gasteiger partial charge on any atom is -0.480 e. The van der Waals surface area contributed by atoms with Crippen LogP contribution < -0.4 is 5.32 Å². The lowest BCUT2D eigenvalue weighted by molar-refractivity contribution is -0.143. The van der Waals surface area contributed by atoms with Crippen molar-refractivity contribution in [1.82, 2.24) is 10.2 Å². The van der Waals surface area contributed by atoms with Gasteiger partial charge >= 0.3 is 12.1 Å². The fourth-order valence-electron chi connectivity index (χ4n) is 5.19. The minimum atomic E-state index is -1.27. The molecule has 2 atom stereocenters. The van der Waals surface area contributed by atoms with Crippen LogP contribution in [0.5, 0.6) is 0 Å². The number of carboxylic acids is 1. The van der Waals surface area contributed by atoms with E-state index in [1.165, 1.54) is 4.90 Å². The third kappa shape index (κ3) is 6.04. The van der Waals surface area contributed by atoms with Gasteiger partial charge in [-0.1, -0.05) is 115 Å². The van der Waals surface area contributed by atoms with Crippen LogP contribution in [0.4, 0.5) is 4.79 Å². The Labute approximate surface area is 233 Å². The first kappa shape index (κ1) is 26.7. The lowest BCUT2D eigenvalue weighted by Crippen LogP contribution is -2.56. The van der Waals surface area contributed by atoms with Gasteiger partial charge in [0.25, 0.3) is 0 Å². The molecular formula is C33H30N2O5. The zero-order valence-corrected chi connectivity index (χ0v) is 21.9. The third-order valence-corrected chi connectivity index (χ3v) is 7.21. The first-order valence-corrected chi connectivity index (χ1v) is 13.2. The summed E-state index contributed by atoms with van der Waals surface area (Å²) in [5, 5.41) is 13.1. The van der Waals surface area contributed by atoms with E-state index in [9.17, 15) is 19.5 Å². The molecular weight excluding hydrogens is 504 g/mol. The number of nitrogens with one attached hydrogen (secondary N) is 1. The van der Waals surface area contributed by atoms with Crippen molar-refractivity contribution in [3.8, 4) is 0 Å². The Morgan fingerprint density at radius 1 is 0.775 bits per heavy atom. The SMILES string of the molecule is O=C(O)[C@H](NC(=O)[C@@H]1Cc2ccccc2CN1C(=O)OCc1ccccc1)C(c1ccccc1)c1ccccc1. The van der Waals surface area contributed by atoms with Crippen LogP contribution in [0.3, 0.4) is 0 Å². The maximum absolute atomic E-state index is 13.9. The Morgan fingerprint density at radius 2 is 1.30 bits per heavy atom. The number of carbonyl (C=O) groups is 3. The lowest BCUT2D eigenvalue weighted by atomic mass is 9.84. The van der Waals surface area contributed by atoms with Gasteiger partial charge in [-0.05, 0) is 27.8 Å². The molecule has 202 valence electrons. The Bertz CT molecular complexity index is 1420. The van der Waals surface area contributed by atoms with Crippen molar-refractivity contribution in [2.75, 3.05) is 0 Å². The number of rotatable bonds is 8. The van der Waals surface area contributed by atoms with Gasteiger partial charge < -0.3 is 15.2 Å². The van der Waals surface area contributed by atoms with Crippen molar-refractivity contribution in [1.29, 1.82) is 0 Å². The molecule has 4 aromatic rings. The third-order valence-electron chi connectivity index (χ3n) is 7.21. The number of carboxylic acid groups (broad SMARTS) is 1. The van der Waals surface area contributed by atoms with Gasteiger partial charge in [-0.2, -0.15) is 0 Å². The quantitative estimate of drug-likeness (QED) is 0.326. The van der Waals surface area contributed by atoms with Crippen molar-refractivity contribution >= 4 is 18.0 Å². The summed E-state index contributed by atoms with van der Waals surface area (Å²) in [5.74, 6) is -2.35. The monoisotopic (exact) mass is 534 g/mol. The second-order valence-corrected chi connectivity index (χ2v) is 9.78. The van der Waals surface area contributed by atoms with Crippen molar-refractivity contribution in [3.05, 3.63) is 143 Å². The summed E-state index contributed by atoms with van der Waals surface area (Å²) in [6.45, 7) is 0.244. The second kappa shape index (κ2) is 12.3. The van der Waals surface area contributed by atoms with Crippen LogP contribution in [0.1, 0.15) is 33.7 Å². The van der Waals surface area contributed by atoms with E-state index in [0.717, 1.165) is 27.8 Å². The maximum atomic E-state index is 13.9. The van der Waals surface area contributed by atoms with E-state index in [-0.39, 0.29) is 19.6 Å². The molecule has 0 aromatic heterocycles. The summed E-state index contributed by atoms with van der Waals surface area (Å²) in [7, 11) is 0. The first-order valence-electron chi connectivity index (χ1n) is 13.2. The molecule has 0 radical (unpaired) electrons. The zero-order chi connectivity index (χ0) is 27.9. The highest BCUT2D eigenvalue weighted by Gasteiger charge is 2.39. The molecule has 2 N–H and O–H groups in total. The van der Waals surface area contributed by atoms with Crippen LogP contribution >= 0.6 is 0 Å². The molecule has 5 rings (SSSR count). The van der Waals surface area contributed by atoms with Gasteiger partial charge in [0.05, 0.1) is 6.54 Å². The fraction of sp³-hybridized carbons (Fsp3) is 0.182. The molecule has 7 heteroatoms. The number of hydrogen-bond donors (Lipinski definition) is 2. The maximum Gasteiger partial charge on any atom is 0.411 e. The summed E-state index contributed by atoms with van der Waals surface area (Å²) >= 11 is 0. The molecule has 0 spiro atoms. The summed E-state index contributed by atoms with van der Waals surface area (Å²) in [6.07, 6.45) is -0.385. The number of amides is 2. The summed E-state index contributed by atoms with van der Waals surface area (Å²) in [6, 6.07) is 33.2. The van der Waals surface area contributed by atoms with Gasteiger partial charge in [0.15, 0.2) is 0 Å². The number of nitrogens with zero attached hydrogens (tertiary/aromatic N) is 1. The van der Waals surface area contributed by atoms with E-state index in [1.807, 2.05) is 115 Å². The van der Waals surface area contributed by atoms with Crippen molar-refractivity contribution < 1.29 is 24.2 Å². The number of ether oxygens (including phenoxy) is 1. The highest BCUT2D eigenvalue weighted by Crippen LogP contribution is 2.30. The summed E-state index contributed by atoms with van der Waals surface area (Å²) in [4.78, 5) is 41.2. The molecule has 0 saturated heterocycles. The number of carbonyl (C=O) groups excluding carboxylic acids is 2. The van der Waals surface area contributed by atoms with Crippen molar-refractivity contribution in [3.63, 3.8) is 0 Å². The highest BCUT2D eigenvalue weighted by atomic mass is 16.6. The number of fused-ring (bicyclic) bond motifs is 1. The van der Waals surface area contributed by atoms with Crippen LogP contribution in [0, 0.1) is 0 Å². The molecule has 7 nitrogen and oxygen atoms in total. The topological polar surface area (TPSA) is 95.9 Å². The van der Waals surface area contributed by atoms with Gasteiger partial charge in [-0.25, -0.2) is 9.59 Å². The summed E-state index contributed by atoms with van der Waals surface area (Å²) < 4.78 is 5.59. The second-order valence-electron chi connectivity index (χ2n) is 9.78. The van der Waals surface area contributed by atoms with Crippen LogP contribution in [0.25, 0.3) is 0 Å². The Balaban J connectivity index is 1.43. The number of benzene rings is 4. The van der Waals surface area contributed by atoms with E-state index in [4.69, 9.17) is 4.74 Å². The Hall–Kier alpha value is -4.91. The largest absolute Gasteiger partial charge is 0.480 e. The standard InChI is InChI=1S/C33H30N2O5/c36-31(34-30(32(37)38)29(24-14-6-2-7-15-24)25-16-8-3-9-17-25)28-20-26-18-10-11-19-27(26)21-35(28)33(39)40-22-23-12-4-1-5-13-23/h1-19,28-30H,20-22H2,(H,34,36)(H,37,38)/t28-,30+/m0/s1. The Morgan fingerprint density at radius 3 is 1.88 bits per heavy atom. The molecule has 1 heterocycles. The number of hydrogen-bond acceptors (Lipinski definition) is 4. The van der Waals surface area contributed by atoms with E-state index < -0.39 is 36.0 Å². The lowest BCUT2D eigenvalue weighted by Gasteiger charge is -2.36. The minimum absolute atomic E-state index is 0.0635. The van der Waals surface area contributed by atoms with E-state index >= 15 is 0 Å². The van der Waals surface area contributed by atoms with Gasteiger partial charge in [-0.3, -0.25) is 9.69 Å². The number of aliphatic carboxylic acids is 1. The predicted molar refractivity (Wildman–Crippen MR) is 150 cm³/mol. The molecule has 0 saturated carbocycles. The average molecular weight is 535 g/mol. The molecule has 0 unspecified atom stereocenters. The van der Waals surface area contributed by atoms with Gasteiger partial charge in [0.1, 0.15) is 18.7 Å². The zero-order valence-electron chi connectivity index (χ0n) is 21.9. The molecule has 4 aromatic carbocycles. The fourth-order valence-corrected chi connectivity index (χ4v) is 5.19. The van der Waals surface area contributed by atoms with E-state index in [1.54, 1.807) is 0 Å². The smallest absolute Gasteiger partial charge is 0.411 e. The summed E-state index contributed by atoms with van der Waals surface area (Å²) in [5.41, 5.74) is 4.20. The Kier molecular flexibility index (Phi) is 8.21. The van der Waals surface area contributed by atoms with Crippen molar-refractivity contribution in [2.24, 2.45) is 0 Å². The normalized spacial score (nSPS) is 15.1. The molecule has 0 aliphatic carbocycles. The van der Waals surface area contributed by atoms with Crippen LogP contribution in [-0.2, 0) is 33.9 Å². The van der Waals surface area contributed by atoms with Gasteiger partial charge in [0.2, 0.25) is 5.91 Å². The van der Waals surface area contributed by atoms with Gasteiger partial charge in [0, 0.05) is 12.3 Å². The molecule has 40 heavy (non-hydrogen) atoms. The molecule has 1 aliphatic heterocycles. The predicted octanol–water partition coefficient (Wildman–Crippen LogP) is 5.15. The van der Waals surface area contributed by atoms with Crippen LogP contribution in [0.2, 0.25) is 0 Å².